The molecule has 0 atom stereocenters. The molecule has 0 aromatic heterocycles. The van der Waals surface area contributed by atoms with Crippen molar-refractivity contribution in [2.45, 2.75) is 6.92 Å². The maximum atomic E-state index is 8.19. The summed E-state index contributed by atoms with van der Waals surface area (Å²) in [6.45, 7) is 5.25. The van der Waals surface area contributed by atoms with E-state index in [0.29, 0.717) is 0 Å². The van der Waals surface area contributed by atoms with Gasteiger partial charge in [0.2, 0.25) is 0 Å². The first-order chi connectivity index (χ1) is 7.35. The van der Waals surface area contributed by atoms with Crippen LogP contribution in [0.25, 0.3) is 6.08 Å². The molecule has 1 aromatic rings. The molecule has 1 rings (SSSR count). The summed E-state index contributed by atoms with van der Waals surface area (Å²) in [6.07, 6.45) is 8.71. The van der Waals surface area contributed by atoms with Crippen LogP contribution in [0, 0.1) is 11.3 Å². The van der Waals surface area contributed by atoms with E-state index in [0.717, 1.165) is 5.56 Å². The van der Waals surface area contributed by atoms with Crippen LogP contribution in [0.4, 0.5) is 0 Å². The van der Waals surface area contributed by atoms with Crippen molar-refractivity contribution >= 4 is 6.08 Å². The highest BCUT2D eigenvalue weighted by Gasteiger charge is 1.78. The average molecular weight is 197 g/mol. The molecule has 1 aromatic carbocycles. The van der Waals surface area contributed by atoms with Gasteiger partial charge >= 0.3 is 0 Å². The number of hydrogen-bond acceptors (Lipinski definition) is 1. The molecule has 0 bridgehead atoms. The third-order valence-corrected chi connectivity index (χ3v) is 1.37. The van der Waals surface area contributed by atoms with Gasteiger partial charge in [-0.05, 0) is 12.5 Å². The molecular formula is C14H15N. The topological polar surface area (TPSA) is 23.8 Å². The second kappa shape index (κ2) is 10.0. The van der Waals surface area contributed by atoms with Gasteiger partial charge in [-0.1, -0.05) is 54.6 Å². The van der Waals surface area contributed by atoms with E-state index in [1.54, 1.807) is 12.2 Å². The van der Waals surface area contributed by atoms with E-state index in [4.69, 9.17) is 5.26 Å². The predicted octanol–water partition coefficient (Wildman–Crippen LogP) is 3.97. The van der Waals surface area contributed by atoms with Crippen molar-refractivity contribution in [1.82, 2.24) is 0 Å². The first-order valence-corrected chi connectivity index (χ1v) is 4.70. The monoisotopic (exact) mass is 197 g/mol. The van der Waals surface area contributed by atoms with Gasteiger partial charge in [-0.25, -0.2) is 0 Å². The zero-order chi connectivity index (χ0) is 11.4. The minimum absolute atomic E-state index is 1.14. The smallest absolute Gasteiger partial charge is 0.0912 e. The standard InChI is InChI=1S/C11H9N.C3H6/c12-10-6-2-5-9-11-7-3-1-4-8-11;1-3-2/h1-9H;3H,1H2,2H3. The Hall–Kier alpha value is -2.07. The van der Waals surface area contributed by atoms with Gasteiger partial charge in [0.25, 0.3) is 0 Å². The number of nitriles is 1. The number of nitrogens with zero attached hydrogens (tertiary/aromatic N) is 1. The van der Waals surface area contributed by atoms with Gasteiger partial charge in [0.15, 0.2) is 0 Å². The molecule has 0 unspecified atom stereocenters. The molecule has 0 saturated carbocycles. The van der Waals surface area contributed by atoms with Crippen LogP contribution in [-0.4, -0.2) is 0 Å². The summed E-state index contributed by atoms with van der Waals surface area (Å²) in [5.74, 6) is 0. The van der Waals surface area contributed by atoms with Crippen LogP contribution in [0.3, 0.4) is 0 Å². The van der Waals surface area contributed by atoms with Crippen molar-refractivity contribution < 1.29 is 0 Å². The van der Waals surface area contributed by atoms with Gasteiger partial charge in [0, 0.05) is 6.08 Å². The Labute approximate surface area is 91.7 Å². The molecule has 76 valence electrons. The largest absolute Gasteiger partial charge is 0.193 e. The van der Waals surface area contributed by atoms with Gasteiger partial charge in [-0.2, -0.15) is 5.26 Å². The second-order valence-corrected chi connectivity index (χ2v) is 2.67. The SMILES string of the molecule is C=CC.N#CC=CC=Cc1ccccc1. The van der Waals surface area contributed by atoms with E-state index in [1.165, 1.54) is 6.08 Å². The third kappa shape index (κ3) is 8.27. The number of allylic oxidation sites excluding steroid dienone is 4. The lowest BCUT2D eigenvalue weighted by Crippen LogP contribution is -1.66. The van der Waals surface area contributed by atoms with Crippen LogP contribution in [-0.2, 0) is 0 Å². The van der Waals surface area contributed by atoms with E-state index in [1.807, 2.05) is 55.5 Å². The first kappa shape index (κ1) is 12.9. The predicted molar refractivity (Wildman–Crippen MR) is 66.1 cm³/mol. The molecule has 0 heterocycles. The van der Waals surface area contributed by atoms with E-state index < -0.39 is 0 Å². The first-order valence-electron chi connectivity index (χ1n) is 4.70. The lowest BCUT2D eigenvalue weighted by molar-refractivity contribution is 1.53. The van der Waals surface area contributed by atoms with Crippen molar-refractivity contribution in [3.05, 3.63) is 66.8 Å². The van der Waals surface area contributed by atoms with Gasteiger partial charge in [-0.15, -0.1) is 6.58 Å². The van der Waals surface area contributed by atoms with Gasteiger partial charge in [0.1, 0.15) is 0 Å². The number of hydrogen-bond donors (Lipinski definition) is 0. The van der Waals surface area contributed by atoms with E-state index >= 15 is 0 Å². The van der Waals surface area contributed by atoms with Crippen molar-refractivity contribution in [2.75, 3.05) is 0 Å². The molecule has 0 aliphatic carbocycles. The molecular weight excluding hydrogens is 182 g/mol. The Balaban J connectivity index is 0.000000583. The van der Waals surface area contributed by atoms with Crippen molar-refractivity contribution in [2.24, 2.45) is 0 Å². The molecule has 1 heteroatoms. The van der Waals surface area contributed by atoms with Crippen LogP contribution >= 0.6 is 0 Å². The Morgan fingerprint density at radius 1 is 1.20 bits per heavy atom. The minimum Gasteiger partial charge on any atom is -0.193 e. The van der Waals surface area contributed by atoms with E-state index in [-0.39, 0.29) is 0 Å². The van der Waals surface area contributed by atoms with Gasteiger partial charge < -0.3 is 0 Å². The van der Waals surface area contributed by atoms with E-state index in [9.17, 15) is 0 Å². The van der Waals surface area contributed by atoms with Crippen molar-refractivity contribution in [3.8, 4) is 6.07 Å². The van der Waals surface area contributed by atoms with Gasteiger partial charge in [0.05, 0.1) is 6.07 Å². The molecule has 0 aliphatic heterocycles. The molecule has 0 aliphatic rings. The average Bonchev–Trinajstić information content (AvgIpc) is 2.27. The second-order valence-electron chi connectivity index (χ2n) is 2.67. The fraction of sp³-hybridized carbons (Fsp3) is 0.0714. The van der Waals surface area contributed by atoms with Crippen LogP contribution in [0.1, 0.15) is 12.5 Å². The number of rotatable bonds is 2. The van der Waals surface area contributed by atoms with E-state index in [2.05, 4.69) is 6.58 Å². The highest BCUT2D eigenvalue weighted by molar-refractivity contribution is 5.50. The third-order valence-electron chi connectivity index (χ3n) is 1.37. The van der Waals surface area contributed by atoms with Gasteiger partial charge in [-0.3, -0.25) is 0 Å². The van der Waals surface area contributed by atoms with Crippen molar-refractivity contribution in [3.63, 3.8) is 0 Å². The fourth-order valence-electron chi connectivity index (χ4n) is 0.829. The molecule has 0 amide bonds. The highest BCUT2D eigenvalue weighted by atomic mass is 14.2. The van der Waals surface area contributed by atoms with Crippen LogP contribution in [0.2, 0.25) is 0 Å². The Morgan fingerprint density at radius 2 is 1.80 bits per heavy atom. The summed E-state index contributed by atoms with van der Waals surface area (Å²) in [5.41, 5.74) is 1.14. The summed E-state index contributed by atoms with van der Waals surface area (Å²) < 4.78 is 0. The maximum absolute atomic E-state index is 8.19. The summed E-state index contributed by atoms with van der Waals surface area (Å²) in [5, 5.41) is 8.19. The Morgan fingerprint density at radius 3 is 2.33 bits per heavy atom. The van der Waals surface area contributed by atoms with Crippen LogP contribution in [0.15, 0.2) is 61.2 Å². The molecule has 0 spiro atoms. The number of benzene rings is 1. The van der Waals surface area contributed by atoms with Crippen molar-refractivity contribution in [1.29, 1.82) is 5.26 Å². The zero-order valence-corrected chi connectivity index (χ0v) is 8.93. The quantitative estimate of drug-likeness (QED) is 0.400. The Kier molecular flexibility index (Phi) is 8.63. The molecule has 0 radical (unpaired) electrons. The molecule has 0 fully saturated rings. The molecule has 1 nitrogen and oxygen atoms in total. The maximum Gasteiger partial charge on any atom is 0.0912 e. The molecule has 0 saturated heterocycles. The minimum atomic E-state index is 1.14. The van der Waals surface area contributed by atoms with Crippen LogP contribution in [0.5, 0.6) is 0 Å². The normalized spacial score (nSPS) is 9.33. The molecule has 0 N–H and O–H groups in total. The summed E-state index contributed by atoms with van der Waals surface area (Å²) in [7, 11) is 0. The lowest BCUT2D eigenvalue weighted by Gasteiger charge is -1.87. The zero-order valence-electron chi connectivity index (χ0n) is 8.93. The Bertz CT molecular complexity index is 353. The lowest BCUT2D eigenvalue weighted by atomic mass is 10.2. The highest BCUT2D eigenvalue weighted by Crippen LogP contribution is 2.00. The summed E-state index contributed by atoms with van der Waals surface area (Å²) in [6, 6.07) is 11.9. The fourth-order valence-corrected chi connectivity index (χ4v) is 0.829. The summed E-state index contributed by atoms with van der Waals surface area (Å²) >= 11 is 0. The molecule has 15 heavy (non-hydrogen) atoms. The van der Waals surface area contributed by atoms with Crippen LogP contribution < -0.4 is 0 Å². The summed E-state index contributed by atoms with van der Waals surface area (Å²) in [4.78, 5) is 0.